The second-order valence-corrected chi connectivity index (χ2v) is 7.77. The quantitative estimate of drug-likeness (QED) is 0.336. The Kier molecular flexibility index (Phi) is 7.94. The number of rotatable bonds is 8. The minimum absolute atomic E-state index is 0.312. The maximum atomic E-state index is 12.4. The Morgan fingerprint density at radius 2 is 1.96 bits per heavy atom. The fourth-order valence-electron chi connectivity index (χ4n) is 2.24. The van der Waals surface area contributed by atoms with Crippen LogP contribution in [0, 0.1) is 0 Å². The number of unbranched alkanes of at least 4 members (excludes halogenated alkanes) is 1. The first-order valence-corrected chi connectivity index (χ1v) is 9.31. The molecule has 0 heterocycles. The monoisotopic (exact) mass is 352 g/mol. The molecule has 0 saturated carbocycles. The van der Waals surface area contributed by atoms with Crippen LogP contribution in [0.1, 0.15) is 18.4 Å². The lowest BCUT2D eigenvalue weighted by atomic mass is 10.2. The highest BCUT2D eigenvalue weighted by Gasteiger charge is 2.20. The largest absolute Gasteiger partial charge is 0.352 e. The van der Waals surface area contributed by atoms with Crippen molar-refractivity contribution in [2.24, 2.45) is 4.99 Å². The number of allylic oxidation sites excluding steroid dienone is 1. The van der Waals surface area contributed by atoms with Gasteiger partial charge in [0.1, 0.15) is 0 Å². The van der Waals surface area contributed by atoms with Gasteiger partial charge in [0.25, 0.3) is 0 Å². The number of aliphatic imine (C=N–C) groups is 1. The standard InChI is InChI=1S/C17H28N4O2S/c1-6-7-10-13-21(5)17(18-2)19-14-15-11-8-9-12-16(15)24(22,23)20(3)4/h6,8-9,11-12H,1,7,10,13-14H2,2-5H3,(H,18,19). The van der Waals surface area contributed by atoms with E-state index in [0.29, 0.717) is 17.0 Å². The van der Waals surface area contributed by atoms with E-state index in [-0.39, 0.29) is 0 Å². The Hall–Kier alpha value is -1.86. The molecule has 24 heavy (non-hydrogen) atoms. The van der Waals surface area contributed by atoms with Crippen LogP contribution >= 0.6 is 0 Å². The van der Waals surface area contributed by atoms with E-state index >= 15 is 0 Å². The normalized spacial score (nSPS) is 12.3. The van der Waals surface area contributed by atoms with Gasteiger partial charge >= 0.3 is 0 Å². The summed E-state index contributed by atoms with van der Waals surface area (Å²) in [5, 5.41) is 3.23. The molecule has 0 unspecified atom stereocenters. The number of sulfonamides is 1. The highest BCUT2D eigenvalue weighted by Crippen LogP contribution is 2.18. The summed E-state index contributed by atoms with van der Waals surface area (Å²) in [5.74, 6) is 0.733. The minimum Gasteiger partial charge on any atom is -0.352 e. The lowest BCUT2D eigenvalue weighted by Crippen LogP contribution is -2.39. The van der Waals surface area contributed by atoms with Crippen molar-refractivity contribution in [3.63, 3.8) is 0 Å². The van der Waals surface area contributed by atoms with Crippen LogP contribution in [0.4, 0.5) is 0 Å². The summed E-state index contributed by atoms with van der Waals surface area (Å²) in [5.41, 5.74) is 0.715. The lowest BCUT2D eigenvalue weighted by molar-refractivity contribution is 0.469. The van der Waals surface area contributed by atoms with Crippen molar-refractivity contribution >= 4 is 16.0 Å². The molecule has 0 bridgehead atoms. The zero-order chi connectivity index (χ0) is 18.2. The highest BCUT2D eigenvalue weighted by molar-refractivity contribution is 7.89. The fraction of sp³-hybridized carbons (Fsp3) is 0.471. The molecule has 7 heteroatoms. The van der Waals surface area contributed by atoms with Gasteiger partial charge in [0.15, 0.2) is 5.96 Å². The summed E-state index contributed by atoms with van der Waals surface area (Å²) >= 11 is 0. The third-order valence-electron chi connectivity index (χ3n) is 3.64. The van der Waals surface area contributed by atoms with E-state index in [0.717, 1.165) is 25.3 Å². The van der Waals surface area contributed by atoms with Gasteiger partial charge in [-0.2, -0.15) is 0 Å². The number of nitrogens with one attached hydrogen (secondary N) is 1. The Bertz CT molecular complexity index is 669. The Labute approximate surface area is 145 Å². The van der Waals surface area contributed by atoms with E-state index in [1.807, 2.05) is 30.2 Å². The number of hydrogen-bond acceptors (Lipinski definition) is 3. The van der Waals surface area contributed by atoms with E-state index < -0.39 is 10.0 Å². The van der Waals surface area contributed by atoms with Crippen LogP contribution in [0.5, 0.6) is 0 Å². The number of nitrogens with zero attached hydrogens (tertiary/aromatic N) is 3. The summed E-state index contributed by atoms with van der Waals surface area (Å²) in [7, 11) is 3.27. The van der Waals surface area contributed by atoms with E-state index in [4.69, 9.17) is 0 Å². The van der Waals surface area contributed by atoms with E-state index in [9.17, 15) is 8.42 Å². The first kappa shape index (κ1) is 20.2. The first-order chi connectivity index (χ1) is 11.3. The van der Waals surface area contributed by atoms with Crippen LogP contribution in [0.25, 0.3) is 0 Å². The zero-order valence-electron chi connectivity index (χ0n) is 15.0. The molecule has 0 aromatic heterocycles. The fourth-order valence-corrected chi connectivity index (χ4v) is 3.35. The van der Waals surface area contributed by atoms with Gasteiger partial charge in [-0.3, -0.25) is 4.99 Å². The van der Waals surface area contributed by atoms with Crippen LogP contribution < -0.4 is 5.32 Å². The Morgan fingerprint density at radius 3 is 2.54 bits per heavy atom. The smallest absolute Gasteiger partial charge is 0.242 e. The van der Waals surface area contributed by atoms with Gasteiger partial charge in [0, 0.05) is 41.3 Å². The van der Waals surface area contributed by atoms with Crippen molar-refractivity contribution in [3.05, 3.63) is 42.5 Å². The van der Waals surface area contributed by atoms with Crippen molar-refractivity contribution in [1.29, 1.82) is 0 Å². The maximum Gasteiger partial charge on any atom is 0.242 e. The van der Waals surface area contributed by atoms with Crippen LogP contribution in [0.15, 0.2) is 46.8 Å². The average molecular weight is 353 g/mol. The summed E-state index contributed by atoms with van der Waals surface area (Å²) in [6, 6.07) is 7.01. The topological polar surface area (TPSA) is 65.0 Å². The summed E-state index contributed by atoms with van der Waals surface area (Å²) < 4.78 is 26.1. The van der Waals surface area contributed by atoms with Gasteiger partial charge in [0.2, 0.25) is 10.0 Å². The van der Waals surface area contributed by atoms with Gasteiger partial charge in [-0.1, -0.05) is 24.3 Å². The molecule has 1 aromatic rings. The molecule has 0 radical (unpaired) electrons. The maximum absolute atomic E-state index is 12.4. The van der Waals surface area contributed by atoms with Crippen molar-refractivity contribution in [2.45, 2.75) is 24.3 Å². The van der Waals surface area contributed by atoms with Gasteiger partial charge in [-0.05, 0) is 24.5 Å². The molecular weight excluding hydrogens is 324 g/mol. The molecule has 134 valence electrons. The SMILES string of the molecule is C=CCCCN(C)C(=NC)NCc1ccccc1S(=O)(=O)N(C)C. The number of hydrogen-bond donors (Lipinski definition) is 1. The predicted molar refractivity (Wildman–Crippen MR) is 99.6 cm³/mol. The molecule has 1 N–H and O–H groups in total. The van der Waals surface area contributed by atoms with Crippen LogP contribution in [0.2, 0.25) is 0 Å². The zero-order valence-corrected chi connectivity index (χ0v) is 15.8. The third kappa shape index (κ3) is 5.35. The van der Waals surface area contributed by atoms with Crippen LogP contribution in [0.3, 0.4) is 0 Å². The number of guanidine groups is 1. The molecule has 0 fully saturated rings. The van der Waals surface area contributed by atoms with Gasteiger partial charge in [-0.25, -0.2) is 12.7 Å². The molecule has 0 aliphatic rings. The van der Waals surface area contributed by atoms with E-state index in [1.54, 1.807) is 19.2 Å². The lowest BCUT2D eigenvalue weighted by Gasteiger charge is -2.22. The van der Waals surface area contributed by atoms with Crippen molar-refractivity contribution in [3.8, 4) is 0 Å². The van der Waals surface area contributed by atoms with E-state index in [1.165, 1.54) is 18.4 Å². The molecule has 0 amide bonds. The highest BCUT2D eigenvalue weighted by atomic mass is 32.2. The van der Waals surface area contributed by atoms with Gasteiger partial charge < -0.3 is 10.2 Å². The second kappa shape index (κ2) is 9.44. The summed E-state index contributed by atoms with van der Waals surface area (Å²) in [6.07, 6.45) is 3.84. The molecule has 1 rings (SSSR count). The van der Waals surface area contributed by atoms with Gasteiger partial charge in [-0.15, -0.1) is 6.58 Å². The van der Waals surface area contributed by atoms with Crippen LogP contribution in [-0.4, -0.2) is 58.3 Å². The molecule has 1 aromatic carbocycles. The molecule has 0 aliphatic carbocycles. The van der Waals surface area contributed by atoms with Crippen molar-refractivity contribution < 1.29 is 8.42 Å². The first-order valence-electron chi connectivity index (χ1n) is 7.87. The average Bonchev–Trinajstić information content (AvgIpc) is 2.55. The van der Waals surface area contributed by atoms with Crippen molar-refractivity contribution in [1.82, 2.24) is 14.5 Å². The third-order valence-corrected chi connectivity index (χ3v) is 5.56. The van der Waals surface area contributed by atoms with Crippen molar-refractivity contribution in [2.75, 3.05) is 34.7 Å². The molecule has 6 nitrogen and oxygen atoms in total. The Morgan fingerprint density at radius 1 is 1.29 bits per heavy atom. The van der Waals surface area contributed by atoms with E-state index in [2.05, 4.69) is 16.9 Å². The summed E-state index contributed by atoms with van der Waals surface area (Å²) in [4.78, 5) is 6.59. The predicted octanol–water partition coefficient (Wildman–Crippen LogP) is 1.91. The second-order valence-electron chi connectivity index (χ2n) is 5.65. The van der Waals surface area contributed by atoms with Crippen LogP contribution in [-0.2, 0) is 16.6 Å². The summed E-state index contributed by atoms with van der Waals surface area (Å²) in [6.45, 7) is 4.96. The molecular formula is C17H28N4O2S. The minimum atomic E-state index is -3.47. The van der Waals surface area contributed by atoms with Gasteiger partial charge in [0.05, 0.1) is 4.90 Å². The molecule has 0 aliphatic heterocycles. The molecule has 0 saturated heterocycles. The molecule has 0 spiro atoms. The Balaban J connectivity index is 2.85. The number of benzene rings is 1. The molecule has 0 atom stereocenters.